The highest BCUT2D eigenvalue weighted by Gasteiger charge is 1.99. The quantitative estimate of drug-likeness (QED) is 0.656. The first-order chi connectivity index (χ1) is 4.84. The van der Waals surface area contributed by atoms with Gasteiger partial charge in [0.05, 0.1) is 16.1 Å². The monoisotopic (exact) mass is 156 g/mol. The molecule has 0 bridgehead atoms. The molecular formula is C6H6NO2S. The topological polar surface area (TPSA) is 39.2 Å². The summed E-state index contributed by atoms with van der Waals surface area (Å²) in [6, 6.07) is 0. The molecule has 0 atom stereocenters. The van der Waals surface area contributed by atoms with E-state index >= 15 is 0 Å². The minimum atomic E-state index is 0.292. The van der Waals surface area contributed by atoms with E-state index < -0.39 is 0 Å². The molecule has 10 heavy (non-hydrogen) atoms. The lowest BCUT2D eigenvalue weighted by Gasteiger charge is -1.92. The summed E-state index contributed by atoms with van der Waals surface area (Å²) in [4.78, 5) is 14.6. The lowest BCUT2D eigenvalue weighted by molar-refractivity contribution is 0.269. The third kappa shape index (κ3) is 1.54. The van der Waals surface area contributed by atoms with Crippen molar-refractivity contribution in [2.75, 3.05) is 0 Å². The second-order valence-electron chi connectivity index (χ2n) is 1.73. The fourth-order valence-corrected chi connectivity index (χ4v) is 1.25. The Morgan fingerprint density at radius 2 is 2.70 bits per heavy atom. The summed E-state index contributed by atoms with van der Waals surface area (Å²) in [6.45, 7) is 3.53. The Labute approximate surface area is 62.7 Å². The molecule has 1 aromatic rings. The van der Waals surface area contributed by atoms with Gasteiger partial charge < -0.3 is 4.74 Å². The predicted molar refractivity (Wildman–Crippen MR) is 37.3 cm³/mol. The van der Waals surface area contributed by atoms with Crippen molar-refractivity contribution in [3.05, 3.63) is 16.1 Å². The summed E-state index contributed by atoms with van der Waals surface area (Å²) in [5, 5.41) is 0. The zero-order chi connectivity index (χ0) is 7.40. The lowest BCUT2D eigenvalue weighted by atomic mass is 10.4. The zero-order valence-corrected chi connectivity index (χ0v) is 6.27. The molecule has 53 valence electrons. The molecule has 1 rings (SSSR count). The van der Waals surface area contributed by atoms with Crippen LogP contribution in [0.15, 0.2) is 5.51 Å². The summed E-state index contributed by atoms with van der Waals surface area (Å²) in [5.41, 5.74) is 2.64. The number of ether oxygens (including phenoxy) is 1. The molecule has 0 saturated heterocycles. The SMILES string of the molecule is Cc1ncsc1CO[C]=O. The van der Waals surface area contributed by atoms with E-state index in [0.717, 1.165) is 10.6 Å². The number of thiazole rings is 1. The number of rotatable bonds is 3. The van der Waals surface area contributed by atoms with Crippen molar-refractivity contribution in [1.29, 1.82) is 0 Å². The zero-order valence-electron chi connectivity index (χ0n) is 5.46. The van der Waals surface area contributed by atoms with E-state index in [9.17, 15) is 4.79 Å². The first-order valence-electron chi connectivity index (χ1n) is 2.72. The van der Waals surface area contributed by atoms with Gasteiger partial charge >= 0.3 is 6.47 Å². The van der Waals surface area contributed by atoms with Gasteiger partial charge in [-0.2, -0.15) is 0 Å². The molecule has 4 heteroatoms. The number of carbonyl (C=O) groups excluding carboxylic acids is 1. The molecule has 0 aliphatic rings. The molecule has 0 saturated carbocycles. The third-order valence-corrected chi connectivity index (χ3v) is 2.02. The maximum Gasteiger partial charge on any atom is 0.417 e. The van der Waals surface area contributed by atoms with Gasteiger partial charge in [0.1, 0.15) is 6.61 Å². The number of nitrogens with zero attached hydrogens (tertiary/aromatic N) is 1. The highest BCUT2D eigenvalue weighted by atomic mass is 32.1. The number of hydrogen-bond donors (Lipinski definition) is 0. The molecule has 1 aromatic heterocycles. The van der Waals surface area contributed by atoms with Crippen molar-refractivity contribution < 1.29 is 9.53 Å². The van der Waals surface area contributed by atoms with Crippen LogP contribution in [0.5, 0.6) is 0 Å². The Kier molecular flexibility index (Phi) is 2.39. The Balaban J connectivity index is 2.56. The number of aromatic nitrogens is 1. The minimum Gasteiger partial charge on any atom is -0.451 e. The fraction of sp³-hybridized carbons (Fsp3) is 0.333. The van der Waals surface area contributed by atoms with Gasteiger partial charge in [-0.05, 0) is 6.92 Å². The normalized spacial score (nSPS) is 9.30. The molecule has 0 aromatic carbocycles. The Morgan fingerprint density at radius 1 is 1.90 bits per heavy atom. The molecule has 0 aliphatic carbocycles. The molecule has 0 aliphatic heterocycles. The second-order valence-corrected chi connectivity index (χ2v) is 2.67. The van der Waals surface area contributed by atoms with Crippen LogP contribution in [0.4, 0.5) is 0 Å². The highest BCUT2D eigenvalue weighted by molar-refractivity contribution is 7.09. The summed E-state index contributed by atoms with van der Waals surface area (Å²) in [5.74, 6) is 0. The largest absolute Gasteiger partial charge is 0.451 e. The average Bonchev–Trinajstić information content (AvgIpc) is 2.31. The highest BCUT2D eigenvalue weighted by Crippen LogP contribution is 2.12. The van der Waals surface area contributed by atoms with Crippen LogP contribution in [0.2, 0.25) is 0 Å². The van der Waals surface area contributed by atoms with Gasteiger partial charge in [0, 0.05) is 0 Å². The van der Waals surface area contributed by atoms with Gasteiger partial charge in [0.15, 0.2) is 0 Å². The van der Waals surface area contributed by atoms with Crippen molar-refractivity contribution in [3.63, 3.8) is 0 Å². The molecule has 0 spiro atoms. The molecule has 1 heterocycles. The van der Waals surface area contributed by atoms with E-state index in [4.69, 9.17) is 0 Å². The predicted octanol–water partition coefficient (Wildman–Crippen LogP) is 1.04. The van der Waals surface area contributed by atoms with Crippen LogP contribution in [0.25, 0.3) is 0 Å². The van der Waals surface area contributed by atoms with Crippen LogP contribution in [-0.2, 0) is 16.1 Å². The number of hydrogen-bond acceptors (Lipinski definition) is 4. The average molecular weight is 156 g/mol. The molecular weight excluding hydrogens is 150 g/mol. The summed E-state index contributed by atoms with van der Waals surface area (Å²) >= 11 is 1.47. The molecule has 1 radical (unpaired) electrons. The van der Waals surface area contributed by atoms with Crippen LogP contribution in [0, 0.1) is 6.92 Å². The van der Waals surface area contributed by atoms with Crippen molar-refractivity contribution in [3.8, 4) is 0 Å². The van der Waals surface area contributed by atoms with Gasteiger partial charge in [0.2, 0.25) is 0 Å². The van der Waals surface area contributed by atoms with Gasteiger partial charge in [0.25, 0.3) is 0 Å². The second kappa shape index (κ2) is 3.31. The molecule has 3 nitrogen and oxygen atoms in total. The maximum absolute atomic E-state index is 9.65. The Bertz CT molecular complexity index is 221. The van der Waals surface area contributed by atoms with Crippen LogP contribution in [0.1, 0.15) is 10.6 Å². The third-order valence-electron chi connectivity index (χ3n) is 1.11. The Hall–Kier alpha value is -0.900. The first kappa shape index (κ1) is 7.21. The van der Waals surface area contributed by atoms with E-state index in [1.54, 1.807) is 5.51 Å². The number of aryl methyl sites for hydroxylation is 1. The van der Waals surface area contributed by atoms with Gasteiger partial charge in [-0.3, -0.25) is 0 Å². The van der Waals surface area contributed by atoms with Crippen molar-refractivity contribution >= 4 is 17.8 Å². The van der Waals surface area contributed by atoms with Gasteiger partial charge in [-0.1, -0.05) is 0 Å². The van der Waals surface area contributed by atoms with Crippen molar-refractivity contribution in [2.45, 2.75) is 13.5 Å². The molecule has 0 unspecified atom stereocenters. The van der Waals surface area contributed by atoms with E-state index in [1.807, 2.05) is 6.92 Å². The van der Waals surface area contributed by atoms with E-state index in [-0.39, 0.29) is 0 Å². The van der Waals surface area contributed by atoms with Gasteiger partial charge in [-0.15, -0.1) is 11.3 Å². The molecule has 0 fully saturated rings. The molecule has 0 amide bonds. The van der Waals surface area contributed by atoms with Crippen LogP contribution in [-0.4, -0.2) is 11.5 Å². The summed E-state index contributed by atoms with van der Waals surface area (Å²) in [6.07, 6.45) is 0. The van der Waals surface area contributed by atoms with Crippen molar-refractivity contribution in [2.24, 2.45) is 0 Å². The van der Waals surface area contributed by atoms with Crippen LogP contribution < -0.4 is 0 Å². The minimum absolute atomic E-state index is 0.292. The summed E-state index contributed by atoms with van der Waals surface area (Å²) < 4.78 is 4.42. The maximum atomic E-state index is 9.65. The first-order valence-corrected chi connectivity index (χ1v) is 3.60. The van der Waals surface area contributed by atoms with E-state index in [0.29, 0.717) is 6.61 Å². The van der Waals surface area contributed by atoms with E-state index in [1.165, 1.54) is 17.8 Å². The van der Waals surface area contributed by atoms with Crippen LogP contribution >= 0.6 is 11.3 Å². The standard InChI is InChI=1S/C6H6NO2S/c1-5-6(2-9-4-8)10-3-7-5/h3H,2H2,1H3. The fourth-order valence-electron chi connectivity index (χ4n) is 0.560. The Morgan fingerprint density at radius 3 is 3.20 bits per heavy atom. The smallest absolute Gasteiger partial charge is 0.417 e. The van der Waals surface area contributed by atoms with E-state index in [2.05, 4.69) is 9.72 Å². The lowest BCUT2D eigenvalue weighted by Crippen LogP contribution is -1.88. The molecule has 0 N–H and O–H groups in total. The van der Waals surface area contributed by atoms with Crippen LogP contribution in [0.3, 0.4) is 0 Å². The summed E-state index contributed by atoms with van der Waals surface area (Å²) in [7, 11) is 0. The van der Waals surface area contributed by atoms with Crippen molar-refractivity contribution in [1.82, 2.24) is 4.98 Å². The van der Waals surface area contributed by atoms with Gasteiger partial charge in [-0.25, -0.2) is 9.78 Å².